The molecule has 0 aliphatic carbocycles. The second kappa shape index (κ2) is 8.59. The molecule has 0 aliphatic rings. The van der Waals surface area contributed by atoms with Crippen LogP contribution in [0.2, 0.25) is 0 Å². The summed E-state index contributed by atoms with van der Waals surface area (Å²) in [4.78, 5) is 11.1. The number of aromatic nitrogens is 2. The van der Waals surface area contributed by atoms with E-state index in [0.717, 1.165) is 0 Å². The Bertz CT molecular complexity index is 1410. The molecule has 0 atom stereocenters. The van der Waals surface area contributed by atoms with Crippen molar-refractivity contribution in [1.82, 2.24) is 5.16 Å². The van der Waals surface area contributed by atoms with Gasteiger partial charge in [0.05, 0.1) is 17.2 Å². The molecule has 0 aliphatic heterocycles. The van der Waals surface area contributed by atoms with Gasteiger partial charge in [0.25, 0.3) is 9.84 Å². The minimum absolute atomic E-state index is 0.0739. The Kier molecular flexibility index (Phi) is 5.69. The van der Waals surface area contributed by atoms with Crippen molar-refractivity contribution in [3.8, 4) is 17.4 Å². The number of fused-ring (bicyclic) bond motifs is 1. The first-order chi connectivity index (χ1) is 15.4. The topological polar surface area (TPSA) is 145 Å². The van der Waals surface area contributed by atoms with Gasteiger partial charge in [-0.3, -0.25) is 4.63 Å². The number of sulfone groups is 1. The first kappa shape index (κ1) is 21.2. The Labute approximate surface area is 180 Å². The Morgan fingerprint density at radius 2 is 1.78 bits per heavy atom. The molecule has 2 aromatic heterocycles. The summed E-state index contributed by atoms with van der Waals surface area (Å²) in [5.41, 5.74) is -0.213. The van der Waals surface area contributed by atoms with Gasteiger partial charge < -0.3 is 23.8 Å². The molecule has 0 saturated carbocycles. The smallest absolute Gasteiger partial charge is 0.415 e. The SMILES string of the molecule is COc1cc2ccc(=O)oc2cc1OCCOc1no[n+]([O-])c1S(=O)(=O)c1ccccc1. The van der Waals surface area contributed by atoms with E-state index in [2.05, 4.69) is 9.79 Å². The van der Waals surface area contributed by atoms with Crippen molar-refractivity contribution in [3.05, 3.63) is 70.2 Å². The molecule has 12 heteroatoms. The summed E-state index contributed by atoms with van der Waals surface area (Å²) in [6.07, 6.45) is 0. The summed E-state index contributed by atoms with van der Waals surface area (Å²) < 4.78 is 51.2. The van der Waals surface area contributed by atoms with Crippen molar-refractivity contribution in [2.75, 3.05) is 20.3 Å². The van der Waals surface area contributed by atoms with Crippen molar-refractivity contribution >= 4 is 20.8 Å². The van der Waals surface area contributed by atoms with Gasteiger partial charge in [-0.25, -0.2) is 13.2 Å². The molecular formula is C20H16N2O9S. The fourth-order valence-corrected chi connectivity index (χ4v) is 4.17. The predicted molar refractivity (Wildman–Crippen MR) is 107 cm³/mol. The molecule has 4 aromatic rings. The molecule has 11 nitrogen and oxygen atoms in total. The Morgan fingerprint density at radius 3 is 2.53 bits per heavy atom. The standard InChI is InChI=1S/C20H16N2O9S/c1-27-16-11-13-7-8-18(23)30-15(13)12-17(16)28-9-10-29-19-20(22(24)31-21-19)32(25,26)14-5-3-2-4-6-14/h2-8,11-12H,9-10H2,1H3. The van der Waals surface area contributed by atoms with Crippen molar-refractivity contribution in [3.63, 3.8) is 0 Å². The summed E-state index contributed by atoms with van der Waals surface area (Å²) in [5, 5.41) is 15.1. The average Bonchev–Trinajstić information content (AvgIpc) is 3.17. The van der Waals surface area contributed by atoms with Crippen LogP contribution in [0.4, 0.5) is 0 Å². The van der Waals surface area contributed by atoms with Crippen LogP contribution in [-0.4, -0.2) is 33.9 Å². The molecule has 4 rings (SSSR count). The zero-order valence-electron chi connectivity index (χ0n) is 16.6. The molecule has 0 saturated heterocycles. The number of benzene rings is 2. The zero-order valence-corrected chi connectivity index (χ0v) is 17.4. The molecule has 0 N–H and O–H groups in total. The van der Waals surface area contributed by atoms with Gasteiger partial charge in [-0.2, -0.15) is 0 Å². The summed E-state index contributed by atoms with van der Waals surface area (Å²) in [6, 6.07) is 13.3. The van der Waals surface area contributed by atoms with Gasteiger partial charge in [-0.15, -0.1) is 0 Å². The minimum Gasteiger partial charge on any atom is -0.493 e. The fraction of sp³-hybridized carbons (Fsp3) is 0.150. The molecule has 0 radical (unpaired) electrons. The number of hydrogen-bond donors (Lipinski definition) is 0. The normalized spacial score (nSPS) is 11.4. The summed E-state index contributed by atoms with van der Waals surface area (Å²) in [6.45, 7) is -0.251. The van der Waals surface area contributed by atoms with Crippen LogP contribution < -0.4 is 24.7 Å². The van der Waals surface area contributed by atoms with Crippen molar-refractivity contribution in [2.45, 2.75) is 9.92 Å². The Hall–Kier alpha value is -4.06. The lowest BCUT2D eigenvalue weighted by Gasteiger charge is -2.11. The van der Waals surface area contributed by atoms with Crippen LogP contribution in [0.5, 0.6) is 17.4 Å². The maximum Gasteiger partial charge on any atom is 0.415 e. The van der Waals surface area contributed by atoms with E-state index in [0.29, 0.717) is 16.7 Å². The van der Waals surface area contributed by atoms with Gasteiger partial charge in [0.15, 0.2) is 11.5 Å². The van der Waals surface area contributed by atoms with Gasteiger partial charge in [-0.05, 0) is 29.2 Å². The van der Waals surface area contributed by atoms with Crippen LogP contribution in [0.3, 0.4) is 0 Å². The molecule has 0 spiro atoms. The van der Waals surface area contributed by atoms with E-state index in [1.807, 2.05) is 0 Å². The quantitative estimate of drug-likeness (QED) is 0.216. The highest BCUT2D eigenvalue weighted by atomic mass is 32.2. The largest absolute Gasteiger partial charge is 0.493 e. The molecule has 32 heavy (non-hydrogen) atoms. The predicted octanol–water partition coefficient (Wildman–Crippen LogP) is 1.71. The van der Waals surface area contributed by atoms with E-state index in [1.54, 1.807) is 18.2 Å². The molecule has 0 amide bonds. The Morgan fingerprint density at radius 1 is 1.03 bits per heavy atom. The lowest BCUT2D eigenvalue weighted by molar-refractivity contribution is -0.832. The van der Waals surface area contributed by atoms with E-state index in [9.17, 15) is 18.4 Å². The number of hydrogen-bond acceptors (Lipinski definition) is 10. The van der Waals surface area contributed by atoms with E-state index in [4.69, 9.17) is 18.6 Å². The van der Waals surface area contributed by atoms with Crippen molar-refractivity contribution in [1.29, 1.82) is 0 Å². The third kappa shape index (κ3) is 4.07. The fourth-order valence-electron chi connectivity index (χ4n) is 2.88. The third-order valence-corrected chi connectivity index (χ3v) is 6.07. The van der Waals surface area contributed by atoms with Crippen molar-refractivity contribution < 1.29 is 36.6 Å². The first-order valence-electron chi connectivity index (χ1n) is 9.17. The highest BCUT2D eigenvalue weighted by Gasteiger charge is 2.35. The lowest BCUT2D eigenvalue weighted by atomic mass is 10.2. The van der Waals surface area contributed by atoms with E-state index in [1.165, 1.54) is 43.5 Å². The highest BCUT2D eigenvalue weighted by molar-refractivity contribution is 7.91. The maximum absolute atomic E-state index is 12.7. The van der Waals surface area contributed by atoms with Gasteiger partial charge in [0.2, 0.25) is 0 Å². The van der Waals surface area contributed by atoms with Crippen LogP contribution >= 0.6 is 0 Å². The van der Waals surface area contributed by atoms with Gasteiger partial charge in [0, 0.05) is 17.5 Å². The molecule has 2 heterocycles. The summed E-state index contributed by atoms with van der Waals surface area (Å²) in [7, 11) is -2.77. The molecular weight excluding hydrogens is 444 g/mol. The van der Waals surface area contributed by atoms with Crippen LogP contribution in [0.25, 0.3) is 11.0 Å². The van der Waals surface area contributed by atoms with Gasteiger partial charge in [-0.1, -0.05) is 18.2 Å². The lowest BCUT2D eigenvalue weighted by Crippen LogP contribution is -2.31. The number of rotatable bonds is 8. The monoisotopic (exact) mass is 460 g/mol. The molecule has 0 bridgehead atoms. The molecule has 166 valence electrons. The first-order valence-corrected chi connectivity index (χ1v) is 10.7. The zero-order chi connectivity index (χ0) is 22.7. The second-order valence-corrected chi connectivity index (χ2v) is 8.21. The van der Waals surface area contributed by atoms with E-state index >= 15 is 0 Å². The van der Waals surface area contributed by atoms with Gasteiger partial charge in [0.1, 0.15) is 18.8 Å². The number of nitrogens with zero attached hydrogens (tertiary/aromatic N) is 2. The highest BCUT2D eigenvalue weighted by Crippen LogP contribution is 2.32. The Balaban J connectivity index is 1.49. The summed E-state index contributed by atoms with van der Waals surface area (Å²) in [5.74, 6) is 0.163. The molecule has 0 unspecified atom stereocenters. The van der Waals surface area contributed by atoms with Crippen LogP contribution in [0, 0.1) is 5.21 Å². The molecule has 2 aromatic carbocycles. The van der Waals surface area contributed by atoms with Gasteiger partial charge >= 0.3 is 16.5 Å². The third-order valence-electron chi connectivity index (χ3n) is 4.34. The van der Waals surface area contributed by atoms with Crippen LogP contribution in [-0.2, 0) is 9.84 Å². The summed E-state index contributed by atoms with van der Waals surface area (Å²) >= 11 is 0. The second-order valence-electron chi connectivity index (χ2n) is 6.35. The minimum atomic E-state index is -4.22. The maximum atomic E-state index is 12.7. The number of ether oxygens (including phenoxy) is 3. The van der Waals surface area contributed by atoms with Crippen LogP contribution in [0.15, 0.2) is 78.4 Å². The number of methoxy groups -OCH3 is 1. The van der Waals surface area contributed by atoms with Crippen molar-refractivity contribution in [2.24, 2.45) is 0 Å². The van der Waals surface area contributed by atoms with E-state index < -0.39 is 26.4 Å². The van der Waals surface area contributed by atoms with E-state index in [-0.39, 0.29) is 28.8 Å². The molecule has 0 fully saturated rings. The average molecular weight is 460 g/mol. The van der Waals surface area contributed by atoms with Crippen LogP contribution in [0.1, 0.15) is 0 Å².